The fourth-order valence-corrected chi connectivity index (χ4v) is 2.13. The van der Waals surface area contributed by atoms with Crippen LogP contribution >= 0.6 is 0 Å². The summed E-state index contributed by atoms with van der Waals surface area (Å²) >= 11 is 0. The maximum atomic E-state index is 11.8. The van der Waals surface area contributed by atoms with E-state index in [1.165, 1.54) is 17.6 Å². The summed E-state index contributed by atoms with van der Waals surface area (Å²) in [5, 5.41) is 14.9. The highest BCUT2D eigenvalue weighted by molar-refractivity contribution is 5.75. The van der Waals surface area contributed by atoms with Gasteiger partial charge in [0, 0.05) is 25.3 Å². The van der Waals surface area contributed by atoms with E-state index in [1.807, 2.05) is 30.3 Å². The normalized spacial score (nSPS) is 13.9. The van der Waals surface area contributed by atoms with Crippen LogP contribution in [0.3, 0.4) is 0 Å². The summed E-state index contributed by atoms with van der Waals surface area (Å²) in [6.07, 6.45) is 3.41. The Hall–Kier alpha value is -2.28. The number of rotatable bonds is 9. The molecule has 1 amide bonds. The molecule has 1 heterocycles. The van der Waals surface area contributed by atoms with Crippen molar-refractivity contribution in [2.45, 2.75) is 25.8 Å². The van der Waals surface area contributed by atoms with E-state index in [9.17, 15) is 4.79 Å². The summed E-state index contributed by atoms with van der Waals surface area (Å²) in [6.45, 7) is 2.22. The number of tetrazole rings is 1. The summed E-state index contributed by atoms with van der Waals surface area (Å²) in [7, 11) is 0. The number of amides is 1. The Morgan fingerprint density at radius 1 is 1.30 bits per heavy atom. The molecule has 1 aromatic heterocycles. The van der Waals surface area contributed by atoms with Gasteiger partial charge in [0.25, 0.3) is 0 Å². The lowest BCUT2D eigenvalue weighted by Crippen LogP contribution is -2.29. The first-order valence-electron chi connectivity index (χ1n) is 7.99. The van der Waals surface area contributed by atoms with Gasteiger partial charge in [0.1, 0.15) is 6.54 Å². The van der Waals surface area contributed by atoms with Gasteiger partial charge in [0.15, 0.2) is 0 Å². The monoisotopic (exact) mass is 315 g/mol. The lowest BCUT2D eigenvalue weighted by Gasteiger charge is -2.05. The zero-order chi connectivity index (χ0) is 15.9. The molecule has 0 unspecified atom stereocenters. The highest BCUT2D eigenvalue weighted by Gasteiger charge is 2.20. The minimum absolute atomic E-state index is 0.0722. The molecule has 0 spiro atoms. The number of nitrogens with one attached hydrogen (secondary N) is 1. The van der Waals surface area contributed by atoms with Crippen LogP contribution in [0, 0.1) is 5.92 Å². The van der Waals surface area contributed by atoms with Crippen molar-refractivity contribution in [3.05, 3.63) is 30.3 Å². The Balaban J connectivity index is 1.35. The van der Waals surface area contributed by atoms with Gasteiger partial charge in [-0.05, 0) is 30.4 Å². The third kappa shape index (κ3) is 5.14. The SMILES string of the molecule is O=C(Cn1nnc(-c2ccccc2)n1)NCCCOCC1CC1. The molecule has 0 aliphatic heterocycles. The Morgan fingerprint density at radius 3 is 2.91 bits per heavy atom. The van der Waals surface area contributed by atoms with Gasteiger partial charge >= 0.3 is 0 Å². The topological polar surface area (TPSA) is 81.9 Å². The molecule has 7 nitrogen and oxygen atoms in total. The molecule has 23 heavy (non-hydrogen) atoms. The van der Waals surface area contributed by atoms with E-state index in [4.69, 9.17) is 4.74 Å². The van der Waals surface area contributed by atoms with E-state index in [0.717, 1.165) is 24.5 Å². The third-order valence-electron chi connectivity index (χ3n) is 3.61. The molecule has 122 valence electrons. The van der Waals surface area contributed by atoms with E-state index in [0.29, 0.717) is 19.0 Å². The molecule has 0 bridgehead atoms. The molecule has 0 saturated heterocycles. The Kier molecular flexibility index (Phi) is 5.31. The van der Waals surface area contributed by atoms with Gasteiger partial charge in [-0.3, -0.25) is 4.79 Å². The van der Waals surface area contributed by atoms with Crippen molar-refractivity contribution in [2.75, 3.05) is 19.8 Å². The van der Waals surface area contributed by atoms with Crippen molar-refractivity contribution in [3.63, 3.8) is 0 Å². The fraction of sp³-hybridized carbons (Fsp3) is 0.500. The molecule has 1 aliphatic rings. The average Bonchev–Trinajstić information content (AvgIpc) is 3.29. The van der Waals surface area contributed by atoms with Crippen LogP contribution in [-0.4, -0.2) is 45.9 Å². The van der Waals surface area contributed by atoms with E-state index in [1.54, 1.807) is 0 Å². The summed E-state index contributed by atoms with van der Waals surface area (Å²) < 4.78 is 5.52. The van der Waals surface area contributed by atoms with Crippen LogP contribution in [0.1, 0.15) is 19.3 Å². The van der Waals surface area contributed by atoms with Crippen LogP contribution in [-0.2, 0) is 16.1 Å². The number of hydrogen-bond acceptors (Lipinski definition) is 5. The van der Waals surface area contributed by atoms with E-state index in [2.05, 4.69) is 20.7 Å². The predicted molar refractivity (Wildman–Crippen MR) is 84.4 cm³/mol. The minimum atomic E-state index is -0.121. The summed E-state index contributed by atoms with van der Waals surface area (Å²) in [5.41, 5.74) is 0.881. The first kappa shape index (κ1) is 15.6. The number of ether oxygens (including phenoxy) is 1. The molecule has 1 N–H and O–H groups in total. The van der Waals surface area contributed by atoms with E-state index in [-0.39, 0.29) is 12.5 Å². The molecule has 0 atom stereocenters. The molecule has 1 saturated carbocycles. The number of nitrogens with zero attached hydrogens (tertiary/aromatic N) is 4. The number of aromatic nitrogens is 4. The zero-order valence-corrected chi connectivity index (χ0v) is 13.0. The van der Waals surface area contributed by atoms with Crippen LogP contribution in [0.15, 0.2) is 30.3 Å². The molecule has 0 radical (unpaired) electrons. The first-order valence-corrected chi connectivity index (χ1v) is 7.99. The standard InChI is InChI=1S/C16H21N5O2/c22-15(17-9-4-10-23-12-13-7-8-13)11-21-19-16(18-20-21)14-5-2-1-3-6-14/h1-3,5-6,13H,4,7-12H2,(H,17,22). The van der Waals surface area contributed by atoms with Crippen LogP contribution in [0.25, 0.3) is 11.4 Å². The second-order valence-electron chi connectivity index (χ2n) is 5.73. The average molecular weight is 315 g/mol. The van der Waals surface area contributed by atoms with Crippen molar-refractivity contribution >= 4 is 5.91 Å². The van der Waals surface area contributed by atoms with Gasteiger partial charge in [-0.2, -0.15) is 4.80 Å². The van der Waals surface area contributed by atoms with Gasteiger partial charge in [0.2, 0.25) is 11.7 Å². The van der Waals surface area contributed by atoms with Crippen molar-refractivity contribution in [1.29, 1.82) is 0 Å². The smallest absolute Gasteiger partial charge is 0.243 e. The van der Waals surface area contributed by atoms with Gasteiger partial charge in [-0.25, -0.2) is 0 Å². The second-order valence-corrected chi connectivity index (χ2v) is 5.73. The van der Waals surface area contributed by atoms with E-state index < -0.39 is 0 Å². The molecular weight excluding hydrogens is 294 g/mol. The molecule has 1 fully saturated rings. The van der Waals surface area contributed by atoms with Crippen molar-refractivity contribution in [2.24, 2.45) is 5.92 Å². The van der Waals surface area contributed by atoms with Crippen molar-refractivity contribution < 1.29 is 9.53 Å². The fourth-order valence-electron chi connectivity index (χ4n) is 2.13. The Bertz CT molecular complexity index is 624. The number of carbonyl (C=O) groups is 1. The molecular formula is C16H21N5O2. The van der Waals surface area contributed by atoms with Crippen LogP contribution < -0.4 is 5.32 Å². The van der Waals surface area contributed by atoms with Crippen molar-refractivity contribution in [1.82, 2.24) is 25.5 Å². The van der Waals surface area contributed by atoms with Gasteiger partial charge in [0.05, 0.1) is 0 Å². The van der Waals surface area contributed by atoms with Crippen LogP contribution in [0.2, 0.25) is 0 Å². The highest BCUT2D eigenvalue weighted by atomic mass is 16.5. The minimum Gasteiger partial charge on any atom is -0.381 e. The lowest BCUT2D eigenvalue weighted by atomic mass is 10.2. The number of benzene rings is 1. The maximum Gasteiger partial charge on any atom is 0.243 e. The van der Waals surface area contributed by atoms with Crippen LogP contribution in [0.5, 0.6) is 0 Å². The molecule has 1 aliphatic carbocycles. The molecule has 7 heteroatoms. The van der Waals surface area contributed by atoms with E-state index >= 15 is 0 Å². The quantitative estimate of drug-likeness (QED) is 0.705. The van der Waals surface area contributed by atoms with Crippen molar-refractivity contribution in [3.8, 4) is 11.4 Å². The van der Waals surface area contributed by atoms with Gasteiger partial charge in [-0.1, -0.05) is 30.3 Å². The predicted octanol–water partition coefficient (Wildman–Crippen LogP) is 1.27. The summed E-state index contributed by atoms with van der Waals surface area (Å²) in [6, 6.07) is 9.56. The second kappa shape index (κ2) is 7.82. The zero-order valence-electron chi connectivity index (χ0n) is 13.0. The maximum absolute atomic E-state index is 11.8. The number of carbonyl (C=O) groups excluding carboxylic acids is 1. The Morgan fingerprint density at radius 2 is 2.13 bits per heavy atom. The third-order valence-corrected chi connectivity index (χ3v) is 3.61. The number of hydrogen-bond donors (Lipinski definition) is 1. The lowest BCUT2D eigenvalue weighted by molar-refractivity contribution is -0.122. The van der Waals surface area contributed by atoms with Gasteiger partial charge < -0.3 is 10.1 Å². The van der Waals surface area contributed by atoms with Crippen LogP contribution in [0.4, 0.5) is 0 Å². The van der Waals surface area contributed by atoms with Gasteiger partial charge in [-0.15, -0.1) is 10.2 Å². The highest BCUT2D eigenvalue weighted by Crippen LogP contribution is 2.28. The first-order chi connectivity index (χ1) is 11.3. The Labute approximate surface area is 135 Å². The summed E-state index contributed by atoms with van der Waals surface area (Å²) in [4.78, 5) is 13.1. The molecule has 2 aromatic rings. The molecule has 3 rings (SSSR count). The molecule has 1 aromatic carbocycles. The largest absolute Gasteiger partial charge is 0.381 e. The summed E-state index contributed by atoms with van der Waals surface area (Å²) in [5.74, 6) is 1.18.